The molecule has 5 nitrogen and oxygen atoms in total. The molecule has 0 aliphatic carbocycles. The number of carbonyl (C=O) groups is 1. The Morgan fingerprint density at radius 1 is 1.07 bits per heavy atom. The molecule has 3 saturated heterocycles. The lowest BCUT2D eigenvalue weighted by molar-refractivity contribution is -0.139. The first-order chi connectivity index (χ1) is 14.3. The van der Waals surface area contributed by atoms with Crippen LogP contribution in [0, 0.1) is 11.8 Å². The van der Waals surface area contributed by atoms with Crippen LogP contribution in [0.15, 0.2) is 48.9 Å². The van der Waals surface area contributed by atoms with Crippen LogP contribution in [0.4, 0.5) is 0 Å². The molecule has 3 aliphatic rings. The zero-order valence-electron chi connectivity index (χ0n) is 17.0. The lowest BCUT2D eigenvalue weighted by Gasteiger charge is -2.55. The number of likely N-dealkylation sites (tertiary alicyclic amines) is 1. The summed E-state index contributed by atoms with van der Waals surface area (Å²) in [4.78, 5) is 26.3. The Kier molecular flexibility index (Phi) is 5.32. The lowest BCUT2D eigenvalue weighted by atomic mass is 9.74. The zero-order valence-corrected chi connectivity index (χ0v) is 17.0. The normalized spacial score (nSPS) is 29.3. The first-order valence-electron chi connectivity index (χ1n) is 11.1. The Hall–Kier alpha value is -2.27. The van der Waals surface area contributed by atoms with Gasteiger partial charge in [0.1, 0.15) is 0 Å². The Bertz CT molecular complexity index is 827. The molecule has 5 heteroatoms. The minimum absolute atomic E-state index is 0.286. The summed E-state index contributed by atoms with van der Waals surface area (Å²) in [5.41, 5.74) is 2.37. The van der Waals surface area contributed by atoms with E-state index in [1.54, 1.807) is 18.6 Å². The summed E-state index contributed by atoms with van der Waals surface area (Å²) >= 11 is 0. The molecule has 1 aromatic heterocycles. The SMILES string of the molecule is O=C(CCc1cnccn1)N1C[C@@H]2C[C@H](C1)[C@@H]1CCC[C@H](c3ccccc3)N1C2. The number of rotatable bonds is 4. The topological polar surface area (TPSA) is 49.3 Å². The van der Waals surface area contributed by atoms with Crippen LogP contribution in [-0.4, -0.2) is 51.4 Å². The number of piperidine rings is 3. The third kappa shape index (κ3) is 3.93. The molecule has 2 aromatic rings. The average molecular weight is 391 g/mol. The average Bonchev–Trinajstić information content (AvgIpc) is 2.78. The number of carbonyl (C=O) groups excluding carboxylic acids is 1. The second kappa shape index (κ2) is 8.23. The van der Waals surface area contributed by atoms with E-state index in [1.807, 2.05) is 0 Å². The van der Waals surface area contributed by atoms with Crippen molar-refractivity contribution in [2.45, 2.75) is 50.6 Å². The van der Waals surface area contributed by atoms with Gasteiger partial charge in [0.05, 0.1) is 5.69 Å². The number of benzene rings is 1. The second-order valence-electron chi connectivity index (χ2n) is 8.98. The molecule has 0 saturated carbocycles. The van der Waals surface area contributed by atoms with E-state index in [0.29, 0.717) is 36.8 Å². The number of aryl methyl sites for hydroxylation is 1. The van der Waals surface area contributed by atoms with E-state index >= 15 is 0 Å². The fourth-order valence-corrected chi connectivity index (χ4v) is 5.90. The van der Waals surface area contributed by atoms with Gasteiger partial charge in [0.25, 0.3) is 0 Å². The van der Waals surface area contributed by atoms with Crippen molar-refractivity contribution in [3.8, 4) is 0 Å². The van der Waals surface area contributed by atoms with Crippen molar-refractivity contribution in [2.24, 2.45) is 11.8 Å². The molecule has 0 radical (unpaired) electrons. The van der Waals surface area contributed by atoms with E-state index in [2.05, 4.69) is 50.1 Å². The number of fused-ring (bicyclic) bond motifs is 4. The summed E-state index contributed by atoms with van der Waals surface area (Å²) in [6.45, 7) is 2.98. The molecule has 1 aromatic carbocycles. The number of nitrogens with zero attached hydrogens (tertiary/aromatic N) is 4. The fraction of sp³-hybridized carbons (Fsp3) is 0.542. The standard InChI is InChI=1S/C24H30N4O/c29-24(10-9-21-14-25-11-12-26-21)27-15-18-13-20(17-27)23-8-4-7-22(28(23)16-18)19-5-2-1-3-6-19/h1-3,5-6,11-12,14,18,20,22-23H,4,7-10,13,15-17H2/t18-,20+,22+,23-/m0/s1. The van der Waals surface area contributed by atoms with E-state index < -0.39 is 0 Å². The van der Waals surface area contributed by atoms with Gasteiger partial charge < -0.3 is 4.90 Å². The lowest BCUT2D eigenvalue weighted by Crippen LogP contribution is -2.60. The van der Waals surface area contributed by atoms with Gasteiger partial charge in [0.2, 0.25) is 5.91 Å². The van der Waals surface area contributed by atoms with Crippen molar-refractivity contribution in [3.05, 3.63) is 60.2 Å². The van der Waals surface area contributed by atoms with Crippen LogP contribution in [0.25, 0.3) is 0 Å². The molecule has 0 N–H and O–H groups in total. The molecule has 2 bridgehead atoms. The van der Waals surface area contributed by atoms with E-state index in [4.69, 9.17) is 0 Å². The number of hydrogen-bond donors (Lipinski definition) is 0. The molecule has 3 fully saturated rings. The van der Waals surface area contributed by atoms with Gasteiger partial charge in [0, 0.05) is 56.7 Å². The Balaban J connectivity index is 1.25. The van der Waals surface area contributed by atoms with Gasteiger partial charge in [-0.1, -0.05) is 30.3 Å². The molecule has 29 heavy (non-hydrogen) atoms. The monoisotopic (exact) mass is 390 g/mol. The summed E-state index contributed by atoms with van der Waals surface area (Å²) < 4.78 is 0. The zero-order chi connectivity index (χ0) is 19.6. The number of hydrogen-bond acceptors (Lipinski definition) is 4. The van der Waals surface area contributed by atoms with E-state index in [9.17, 15) is 4.79 Å². The first-order valence-corrected chi connectivity index (χ1v) is 11.1. The number of aromatic nitrogens is 2. The summed E-state index contributed by atoms with van der Waals surface area (Å²) in [5, 5.41) is 0. The summed E-state index contributed by atoms with van der Waals surface area (Å²) in [7, 11) is 0. The van der Waals surface area contributed by atoms with Gasteiger partial charge in [0.15, 0.2) is 0 Å². The summed E-state index contributed by atoms with van der Waals surface area (Å²) in [5.74, 6) is 1.51. The maximum Gasteiger partial charge on any atom is 0.222 e. The molecule has 5 rings (SSSR count). The Morgan fingerprint density at radius 3 is 2.79 bits per heavy atom. The van der Waals surface area contributed by atoms with E-state index in [0.717, 1.165) is 25.3 Å². The van der Waals surface area contributed by atoms with Crippen molar-refractivity contribution in [2.75, 3.05) is 19.6 Å². The molecule has 0 spiro atoms. The predicted molar refractivity (Wildman–Crippen MR) is 112 cm³/mol. The molecule has 4 heterocycles. The Labute approximate surface area is 173 Å². The highest BCUT2D eigenvalue weighted by Gasteiger charge is 2.45. The van der Waals surface area contributed by atoms with Crippen LogP contribution in [-0.2, 0) is 11.2 Å². The molecule has 4 atom stereocenters. The summed E-state index contributed by atoms with van der Waals surface area (Å²) in [6.07, 6.45) is 11.5. The van der Waals surface area contributed by atoms with Gasteiger partial charge in [-0.2, -0.15) is 0 Å². The Morgan fingerprint density at radius 2 is 1.97 bits per heavy atom. The highest BCUT2D eigenvalue weighted by molar-refractivity contribution is 5.76. The van der Waals surface area contributed by atoms with Crippen molar-refractivity contribution >= 4 is 5.91 Å². The molecule has 3 aliphatic heterocycles. The van der Waals surface area contributed by atoms with Gasteiger partial charge in [-0.05, 0) is 49.5 Å². The third-order valence-electron chi connectivity index (χ3n) is 7.14. The van der Waals surface area contributed by atoms with E-state index in [1.165, 1.54) is 31.2 Å². The van der Waals surface area contributed by atoms with Crippen molar-refractivity contribution < 1.29 is 4.79 Å². The molecular weight excluding hydrogens is 360 g/mol. The molecular formula is C24H30N4O. The van der Waals surface area contributed by atoms with Gasteiger partial charge in [-0.15, -0.1) is 0 Å². The highest BCUT2D eigenvalue weighted by atomic mass is 16.2. The van der Waals surface area contributed by atoms with Crippen molar-refractivity contribution in [1.82, 2.24) is 19.8 Å². The minimum Gasteiger partial charge on any atom is -0.342 e. The maximum atomic E-state index is 12.9. The van der Waals surface area contributed by atoms with Gasteiger partial charge in [-0.3, -0.25) is 19.7 Å². The predicted octanol–water partition coefficient (Wildman–Crippen LogP) is 3.48. The van der Waals surface area contributed by atoms with Crippen LogP contribution < -0.4 is 0 Å². The molecule has 0 unspecified atom stereocenters. The van der Waals surface area contributed by atoms with Crippen molar-refractivity contribution in [3.63, 3.8) is 0 Å². The summed E-state index contributed by atoms with van der Waals surface area (Å²) in [6, 6.07) is 12.2. The minimum atomic E-state index is 0.286. The third-order valence-corrected chi connectivity index (χ3v) is 7.14. The number of amides is 1. The van der Waals surface area contributed by atoms with Crippen LogP contribution >= 0.6 is 0 Å². The largest absolute Gasteiger partial charge is 0.342 e. The van der Waals surface area contributed by atoms with Crippen LogP contribution in [0.5, 0.6) is 0 Å². The van der Waals surface area contributed by atoms with Crippen LogP contribution in [0.2, 0.25) is 0 Å². The maximum absolute atomic E-state index is 12.9. The van der Waals surface area contributed by atoms with E-state index in [-0.39, 0.29) is 5.91 Å². The molecule has 152 valence electrons. The smallest absolute Gasteiger partial charge is 0.222 e. The quantitative estimate of drug-likeness (QED) is 0.802. The van der Waals surface area contributed by atoms with Crippen molar-refractivity contribution in [1.29, 1.82) is 0 Å². The van der Waals surface area contributed by atoms with Crippen LogP contribution in [0.3, 0.4) is 0 Å². The van der Waals surface area contributed by atoms with Gasteiger partial charge in [-0.25, -0.2) is 0 Å². The van der Waals surface area contributed by atoms with Crippen LogP contribution in [0.1, 0.15) is 49.4 Å². The highest BCUT2D eigenvalue weighted by Crippen LogP contribution is 2.44. The second-order valence-corrected chi connectivity index (χ2v) is 8.98. The fourth-order valence-electron chi connectivity index (χ4n) is 5.90. The van der Waals surface area contributed by atoms with Gasteiger partial charge >= 0.3 is 0 Å². The molecule has 1 amide bonds. The first kappa shape index (κ1) is 18.7.